The second-order valence-electron chi connectivity index (χ2n) is 5.16. The van der Waals surface area contributed by atoms with Crippen molar-refractivity contribution in [3.8, 4) is 5.75 Å². The molecule has 4 heteroatoms. The summed E-state index contributed by atoms with van der Waals surface area (Å²) in [7, 11) is 0. The SMILES string of the molecule is Cc1cc(OC(C)C(=O)NC2CCCC2)ccc1F. The minimum Gasteiger partial charge on any atom is -0.481 e. The van der Waals surface area contributed by atoms with Crippen molar-refractivity contribution in [2.45, 2.75) is 51.7 Å². The third kappa shape index (κ3) is 3.69. The van der Waals surface area contributed by atoms with Crippen molar-refractivity contribution in [3.63, 3.8) is 0 Å². The summed E-state index contributed by atoms with van der Waals surface area (Å²) in [6.45, 7) is 3.38. The number of carbonyl (C=O) groups excluding carboxylic acids is 1. The highest BCUT2D eigenvalue weighted by molar-refractivity contribution is 5.81. The van der Waals surface area contributed by atoms with Gasteiger partial charge in [-0.15, -0.1) is 0 Å². The summed E-state index contributed by atoms with van der Waals surface area (Å²) < 4.78 is 18.7. The van der Waals surface area contributed by atoms with Crippen molar-refractivity contribution in [1.29, 1.82) is 0 Å². The van der Waals surface area contributed by atoms with E-state index in [-0.39, 0.29) is 17.8 Å². The number of hydrogen-bond donors (Lipinski definition) is 1. The molecule has 1 aliphatic rings. The molecule has 0 spiro atoms. The Labute approximate surface area is 113 Å². The normalized spacial score (nSPS) is 17.2. The Morgan fingerprint density at radius 2 is 2.11 bits per heavy atom. The van der Waals surface area contributed by atoms with Gasteiger partial charge in [-0.3, -0.25) is 4.79 Å². The zero-order valence-corrected chi connectivity index (χ0v) is 11.4. The highest BCUT2D eigenvalue weighted by atomic mass is 19.1. The van der Waals surface area contributed by atoms with E-state index in [4.69, 9.17) is 4.74 Å². The molecule has 0 bridgehead atoms. The molecule has 1 N–H and O–H groups in total. The molecule has 1 aromatic carbocycles. The lowest BCUT2D eigenvalue weighted by Gasteiger charge is -2.18. The number of halogens is 1. The number of aryl methyl sites for hydroxylation is 1. The van der Waals surface area contributed by atoms with E-state index in [0.29, 0.717) is 11.3 Å². The molecule has 0 heterocycles. The van der Waals surface area contributed by atoms with E-state index in [9.17, 15) is 9.18 Å². The maximum absolute atomic E-state index is 13.1. The highest BCUT2D eigenvalue weighted by Crippen LogP contribution is 2.19. The maximum atomic E-state index is 13.1. The van der Waals surface area contributed by atoms with Crippen LogP contribution in [0.15, 0.2) is 18.2 Å². The van der Waals surface area contributed by atoms with Gasteiger partial charge in [-0.2, -0.15) is 0 Å². The molecule has 0 radical (unpaired) electrons. The molecule has 0 aliphatic heterocycles. The third-order valence-electron chi connectivity index (χ3n) is 3.51. The second-order valence-corrected chi connectivity index (χ2v) is 5.16. The van der Waals surface area contributed by atoms with Crippen molar-refractivity contribution >= 4 is 5.91 Å². The van der Waals surface area contributed by atoms with E-state index in [0.717, 1.165) is 12.8 Å². The standard InChI is InChI=1S/C15H20FNO2/c1-10-9-13(7-8-14(10)16)19-11(2)15(18)17-12-5-3-4-6-12/h7-9,11-12H,3-6H2,1-2H3,(H,17,18). The monoisotopic (exact) mass is 265 g/mol. The fraction of sp³-hybridized carbons (Fsp3) is 0.533. The minimum absolute atomic E-state index is 0.103. The molecule has 0 aromatic heterocycles. The molecule has 104 valence electrons. The van der Waals surface area contributed by atoms with Gasteiger partial charge >= 0.3 is 0 Å². The van der Waals surface area contributed by atoms with Crippen molar-refractivity contribution in [2.24, 2.45) is 0 Å². The van der Waals surface area contributed by atoms with Crippen molar-refractivity contribution < 1.29 is 13.9 Å². The van der Waals surface area contributed by atoms with E-state index in [1.807, 2.05) is 0 Å². The molecular formula is C15H20FNO2. The van der Waals surface area contributed by atoms with Gasteiger partial charge in [-0.25, -0.2) is 4.39 Å². The number of ether oxygens (including phenoxy) is 1. The third-order valence-corrected chi connectivity index (χ3v) is 3.51. The topological polar surface area (TPSA) is 38.3 Å². The van der Waals surface area contributed by atoms with Crippen LogP contribution in [0.5, 0.6) is 5.75 Å². The van der Waals surface area contributed by atoms with E-state index in [1.165, 1.54) is 18.9 Å². The van der Waals surface area contributed by atoms with Gasteiger partial charge in [0.2, 0.25) is 0 Å². The van der Waals surface area contributed by atoms with Gasteiger partial charge in [-0.05, 0) is 50.5 Å². The quantitative estimate of drug-likeness (QED) is 0.909. The molecule has 1 aliphatic carbocycles. The van der Waals surface area contributed by atoms with E-state index < -0.39 is 6.10 Å². The first-order valence-electron chi connectivity index (χ1n) is 6.79. The number of amides is 1. The van der Waals surface area contributed by atoms with Crippen LogP contribution in [0, 0.1) is 12.7 Å². The molecule has 1 saturated carbocycles. The number of nitrogens with one attached hydrogen (secondary N) is 1. The lowest BCUT2D eigenvalue weighted by Crippen LogP contribution is -2.41. The molecule has 2 rings (SSSR count). The molecule has 1 unspecified atom stereocenters. The first-order chi connectivity index (χ1) is 9.06. The Morgan fingerprint density at radius 1 is 1.42 bits per heavy atom. The van der Waals surface area contributed by atoms with Crippen LogP contribution in [0.25, 0.3) is 0 Å². The van der Waals surface area contributed by atoms with Gasteiger partial charge in [0, 0.05) is 6.04 Å². The Balaban J connectivity index is 1.90. The summed E-state index contributed by atoms with van der Waals surface area (Å²) in [4.78, 5) is 11.9. The maximum Gasteiger partial charge on any atom is 0.260 e. The molecule has 1 aromatic rings. The van der Waals surface area contributed by atoms with Crippen LogP contribution in [-0.2, 0) is 4.79 Å². The second kappa shape index (κ2) is 6.04. The Bertz CT molecular complexity index is 455. The van der Waals surface area contributed by atoms with Crippen LogP contribution in [0.3, 0.4) is 0 Å². The number of hydrogen-bond acceptors (Lipinski definition) is 2. The fourth-order valence-electron chi connectivity index (χ4n) is 2.34. The summed E-state index contributed by atoms with van der Waals surface area (Å²) in [6, 6.07) is 4.79. The lowest BCUT2D eigenvalue weighted by molar-refractivity contribution is -0.127. The van der Waals surface area contributed by atoms with Crippen LogP contribution >= 0.6 is 0 Å². The average Bonchev–Trinajstić information content (AvgIpc) is 2.86. The summed E-state index contributed by atoms with van der Waals surface area (Å²) in [5.41, 5.74) is 0.515. The largest absolute Gasteiger partial charge is 0.481 e. The predicted octanol–water partition coefficient (Wildman–Crippen LogP) is 2.96. The zero-order chi connectivity index (χ0) is 13.8. The molecule has 3 nitrogen and oxygen atoms in total. The Kier molecular flexibility index (Phi) is 4.40. The molecule has 1 amide bonds. The number of rotatable bonds is 4. The first kappa shape index (κ1) is 13.8. The van der Waals surface area contributed by atoms with E-state index in [1.54, 1.807) is 26.0 Å². The van der Waals surface area contributed by atoms with Crippen LogP contribution in [-0.4, -0.2) is 18.1 Å². The van der Waals surface area contributed by atoms with Crippen molar-refractivity contribution in [1.82, 2.24) is 5.32 Å². The zero-order valence-electron chi connectivity index (χ0n) is 11.4. The summed E-state index contributed by atoms with van der Waals surface area (Å²) in [5.74, 6) is 0.150. The summed E-state index contributed by atoms with van der Waals surface area (Å²) in [5, 5.41) is 2.99. The molecule has 1 atom stereocenters. The molecule has 19 heavy (non-hydrogen) atoms. The van der Waals surface area contributed by atoms with Gasteiger partial charge in [0.1, 0.15) is 11.6 Å². The minimum atomic E-state index is -0.564. The summed E-state index contributed by atoms with van der Waals surface area (Å²) >= 11 is 0. The highest BCUT2D eigenvalue weighted by Gasteiger charge is 2.21. The Hall–Kier alpha value is -1.58. The Morgan fingerprint density at radius 3 is 2.74 bits per heavy atom. The van der Waals surface area contributed by atoms with Crippen LogP contribution < -0.4 is 10.1 Å². The van der Waals surface area contributed by atoms with Crippen LogP contribution in [0.4, 0.5) is 4.39 Å². The average molecular weight is 265 g/mol. The fourth-order valence-corrected chi connectivity index (χ4v) is 2.34. The van der Waals surface area contributed by atoms with Crippen molar-refractivity contribution in [2.75, 3.05) is 0 Å². The summed E-state index contributed by atoms with van der Waals surface area (Å²) in [6.07, 6.45) is 3.89. The molecule has 0 saturated heterocycles. The number of benzene rings is 1. The van der Waals surface area contributed by atoms with Gasteiger partial charge in [0.05, 0.1) is 0 Å². The van der Waals surface area contributed by atoms with Gasteiger partial charge in [-0.1, -0.05) is 12.8 Å². The first-order valence-corrected chi connectivity index (χ1v) is 6.79. The smallest absolute Gasteiger partial charge is 0.260 e. The number of carbonyl (C=O) groups is 1. The van der Waals surface area contributed by atoms with Gasteiger partial charge in [0.15, 0.2) is 6.10 Å². The van der Waals surface area contributed by atoms with Crippen LogP contribution in [0.2, 0.25) is 0 Å². The predicted molar refractivity (Wildman–Crippen MR) is 71.6 cm³/mol. The van der Waals surface area contributed by atoms with Crippen molar-refractivity contribution in [3.05, 3.63) is 29.6 Å². The van der Waals surface area contributed by atoms with Gasteiger partial charge < -0.3 is 10.1 Å². The van der Waals surface area contributed by atoms with Gasteiger partial charge in [0.25, 0.3) is 5.91 Å². The molecular weight excluding hydrogens is 245 g/mol. The van der Waals surface area contributed by atoms with E-state index in [2.05, 4.69) is 5.32 Å². The van der Waals surface area contributed by atoms with Crippen LogP contribution in [0.1, 0.15) is 38.2 Å². The molecule has 1 fully saturated rings. The van der Waals surface area contributed by atoms with E-state index >= 15 is 0 Å². The lowest BCUT2D eigenvalue weighted by atomic mass is 10.2.